The molecule has 1 aliphatic rings. The summed E-state index contributed by atoms with van der Waals surface area (Å²) in [4.78, 5) is 0. The number of aliphatic hydroxyl groups is 1. The predicted octanol–water partition coefficient (Wildman–Crippen LogP) is 0.420. The summed E-state index contributed by atoms with van der Waals surface area (Å²) in [5.74, 6) is 1.06. The van der Waals surface area contributed by atoms with Crippen LogP contribution in [-0.4, -0.2) is 28.9 Å². The molecule has 0 aromatic carbocycles. The summed E-state index contributed by atoms with van der Waals surface area (Å²) in [5, 5.41) is 12.6. The van der Waals surface area contributed by atoms with Crippen LogP contribution in [0.15, 0.2) is 0 Å². The van der Waals surface area contributed by atoms with E-state index in [4.69, 9.17) is 5.11 Å². The molecule has 0 radical (unpaired) electrons. The highest BCUT2D eigenvalue weighted by atomic mass is 32.2. The number of rotatable bonds is 2. The summed E-state index contributed by atoms with van der Waals surface area (Å²) in [6.45, 7) is 2.44. The van der Waals surface area contributed by atoms with E-state index in [2.05, 4.69) is 12.2 Å². The first-order valence-corrected chi connectivity index (χ1v) is 4.40. The van der Waals surface area contributed by atoms with Crippen molar-refractivity contribution in [3.8, 4) is 0 Å². The van der Waals surface area contributed by atoms with Crippen LogP contribution in [0.1, 0.15) is 13.3 Å². The van der Waals surface area contributed by atoms with Crippen molar-refractivity contribution in [1.82, 2.24) is 5.32 Å². The molecule has 0 bridgehead atoms. The van der Waals surface area contributed by atoms with Gasteiger partial charge in [-0.1, -0.05) is 6.92 Å². The summed E-state index contributed by atoms with van der Waals surface area (Å²) < 4.78 is 0. The third-order valence-electron chi connectivity index (χ3n) is 1.51. The van der Waals surface area contributed by atoms with Gasteiger partial charge < -0.3 is 5.11 Å². The Morgan fingerprint density at radius 2 is 2.56 bits per heavy atom. The van der Waals surface area contributed by atoms with Gasteiger partial charge in [-0.15, -0.1) is 11.8 Å². The van der Waals surface area contributed by atoms with E-state index in [1.165, 1.54) is 0 Å². The van der Waals surface area contributed by atoms with Gasteiger partial charge in [0.05, 0.1) is 12.0 Å². The Morgan fingerprint density at radius 3 is 2.89 bits per heavy atom. The van der Waals surface area contributed by atoms with Crippen molar-refractivity contribution in [3.05, 3.63) is 0 Å². The van der Waals surface area contributed by atoms with Crippen molar-refractivity contribution in [2.24, 2.45) is 0 Å². The Labute approximate surface area is 60.0 Å². The maximum absolute atomic E-state index is 8.70. The highest BCUT2D eigenvalue weighted by Crippen LogP contribution is 2.20. The molecule has 0 aliphatic carbocycles. The molecular weight excluding hydrogens is 134 g/mol. The minimum atomic E-state index is 0.281. The minimum absolute atomic E-state index is 0.281. The lowest BCUT2D eigenvalue weighted by Gasteiger charge is -2.07. The fourth-order valence-electron chi connectivity index (χ4n) is 0.933. The molecule has 0 aromatic heterocycles. The third-order valence-corrected chi connectivity index (χ3v) is 2.98. The van der Waals surface area contributed by atoms with Crippen molar-refractivity contribution in [2.75, 3.05) is 12.4 Å². The number of nitrogens with one attached hydrogen (secondary N) is 1. The maximum atomic E-state index is 8.70. The van der Waals surface area contributed by atoms with Crippen molar-refractivity contribution in [3.63, 3.8) is 0 Å². The van der Waals surface area contributed by atoms with E-state index in [1.54, 1.807) is 0 Å². The van der Waals surface area contributed by atoms with Gasteiger partial charge in [0.2, 0.25) is 0 Å². The van der Waals surface area contributed by atoms with Gasteiger partial charge in [-0.25, -0.2) is 0 Å². The molecule has 0 aromatic rings. The monoisotopic (exact) mass is 147 g/mol. The Kier molecular flexibility index (Phi) is 2.82. The average molecular weight is 147 g/mol. The molecule has 0 spiro atoms. The second kappa shape index (κ2) is 3.44. The molecule has 2 atom stereocenters. The van der Waals surface area contributed by atoms with Crippen molar-refractivity contribution in [1.29, 1.82) is 0 Å². The average Bonchev–Trinajstić information content (AvgIpc) is 2.34. The topological polar surface area (TPSA) is 32.3 Å². The normalized spacial score (nSPS) is 35.3. The molecule has 0 amide bonds. The molecule has 2 nitrogen and oxygen atoms in total. The van der Waals surface area contributed by atoms with Gasteiger partial charge in [-0.05, 0) is 6.42 Å². The molecule has 0 saturated carbocycles. The number of aliphatic hydroxyl groups excluding tert-OH is 1. The number of hydrogen-bond donors (Lipinski definition) is 2. The Bertz CT molecular complexity index is 79.1. The van der Waals surface area contributed by atoms with Crippen LogP contribution >= 0.6 is 11.8 Å². The zero-order valence-corrected chi connectivity index (χ0v) is 6.45. The molecule has 1 rings (SSSR count). The first-order valence-electron chi connectivity index (χ1n) is 3.35. The Balaban J connectivity index is 2.20. The largest absolute Gasteiger partial charge is 0.395 e. The summed E-state index contributed by atoms with van der Waals surface area (Å²) in [6.07, 6.45) is 1.15. The lowest BCUT2D eigenvalue weighted by molar-refractivity contribution is 0.256. The van der Waals surface area contributed by atoms with E-state index in [-0.39, 0.29) is 6.61 Å². The van der Waals surface area contributed by atoms with Gasteiger partial charge in [0.1, 0.15) is 0 Å². The second-order valence-corrected chi connectivity index (χ2v) is 3.51. The van der Waals surface area contributed by atoms with Gasteiger partial charge in [-0.3, -0.25) is 5.32 Å². The lowest BCUT2D eigenvalue weighted by Crippen LogP contribution is -2.32. The van der Waals surface area contributed by atoms with Crippen molar-refractivity contribution in [2.45, 2.75) is 24.8 Å². The first kappa shape index (κ1) is 7.38. The zero-order valence-electron chi connectivity index (χ0n) is 5.63. The van der Waals surface area contributed by atoms with Crippen molar-refractivity contribution < 1.29 is 5.11 Å². The van der Waals surface area contributed by atoms with Crippen LogP contribution in [0.2, 0.25) is 0 Å². The first-order chi connectivity index (χ1) is 4.36. The van der Waals surface area contributed by atoms with E-state index in [9.17, 15) is 0 Å². The number of thioether (sulfide) groups is 1. The van der Waals surface area contributed by atoms with Crippen LogP contribution in [0.5, 0.6) is 0 Å². The summed E-state index contributed by atoms with van der Waals surface area (Å²) in [6, 6.07) is 0.347. The summed E-state index contributed by atoms with van der Waals surface area (Å²) in [5.41, 5.74) is 0. The number of hydrogen-bond acceptors (Lipinski definition) is 3. The smallest absolute Gasteiger partial charge is 0.0593 e. The molecular formula is C6H13NOS. The standard InChI is InChI=1S/C6H13NOS/c1-2-6-7-5(3-8)4-9-6/h5-8H,2-4H2,1H3/t5-,6-/m1/s1. The van der Waals surface area contributed by atoms with E-state index < -0.39 is 0 Å². The molecule has 1 fully saturated rings. The Morgan fingerprint density at radius 1 is 1.78 bits per heavy atom. The molecule has 1 heterocycles. The van der Waals surface area contributed by atoms with Crippen LogP contribution in [0.3, 0.4) is 0 Å². The highest BCUT2D eigenvalue weighted by molar-refractivity contribution is 8.00. The van der Waals surface area contributed by atoms with E-state index in [1.807, 2.05) is 11.8 Å². The maximum Gasteiger partial charge on any atom is 0.0593 e. The van der Waals surface area contributed by atoms with Crippen LogP contribution in [0.25, 0.3) is 0 Å². The molecule has 1 aliphatic heterocycles. The second-order valence-electron chi connectivity index (χ2n) is 2.28. The third kappa shape index (κ3) is 1.85. The van der Waals surface area contributed by atoms with Gasteiger partial charge in [-0.2, -0.15) is 0 Å². The quantitative estimate of drug-likeness (QED) is 0.593. The van der Waals surface area contributed by atoms with Crippen LogP contribution in [-0.2, 0) is 0 Å². The molecule has 0 unspecified atom stereocenters. The fraction of sp³-hybridized carbons (Fsp3) is 1.00. The van der Waals surface area contributed by atoms with Gasteiger partial charge in [0.15, 0.2) is 0 Å². The minimum Gasteiger partial charge on any atom is -0.395 e. The molecule has 3 heteroatoms. The van der Waals surface area contributed by atoms with Gasteiger partial charge in [0.25, 0.3) is 0 Å². The fourth-order valence-corrected chi connectivity index (χ4v) is 2.12. The zero-order chi connectivity index (χ0) is 6.69. The summed E-state index contributed by atoms with van der Waals surface area (Å²) >= 11 is 1.90. The molecule has 54 valence electrons. The predicted molar refractivity (Wildman–Crippen MR) is 40.5 cm³/mol. The van der Waals surface area contributed by atoms with Crippen molar-refractivity contribution >= 4 is 11.8 Å². The SMILES string of the molecule is CC[C@@H]1N[C@H](CO)CS1. The van der Waals surface area contributed by atoms with Crippen LogP contribution < -0.4 is 5.32 Å². The van der Waals surface area contributed by atoms with E-state index >= 15 is 0 Å². The highest BCUT2D eigenvalue weighted by Gasteiger charge is 2.21. The van der Waals surface area contributed by atoms with Gasteiger partial charge in [0, 0.05) is 11.8 Å². The summed E-state index contributed by atoms with van der Waals surface area (Å²) in [7, 11) is 0. The molecule has 1 saturated heterocycles. The molecule has 2 N–H and O–H groups in total. The van der Waals surface area contributed by atoms with Gasteiger partial charge >= 0.3 is 0 Å². The molecule has 9 heavy (non-hydrogen) atoms. The van der Waals surface area contributed by atoms with E-state index in [0.29, 0.717) is 11.4 Å². The van der Waals surface area contributed by atoms with E-state index in [0.717, 1.165) is 12.2 Å². The van der Waals surface area contributed by atoms with Crippen LogP contribution in [0.4, 0.5) is 0 Å². The van der Waals surface area contributed by atoms with Crippen LogP contribution in [0, 0.1) is 0 Å². The Hall–Kier alpha value is 0.270. The lowest BCUT2D eigenvalue weighted by atomic mass is 10.3.